The smallest absolute Gasteiger partial charge is 0.0720 e. The minimum absolute atomic E-state index is 0.477. The molecule has 0 heterocycles. The van der Waals surface area contributed by atoms with E-state index in [0.717, 1.165) is 25.6 Å². The first-order chi connectivity index (χ1) is 10.3. The highest BCUT2D eigenvalue weighted by atomic mass is 16.5. The summed E-state index contributed by atoms with van der Waals surface area (Å²) in [5.41, 5.74) is 2.67. The Morgan fingerprint density at radius 2 is 1.95 bits per heavy atom. The Morgan fingerprint density at radius 3 is 2.76 bits per heavy atom. The Hall–Kier alpha value is -0.860. The Labute approximate surface area is 130 Å². The van der Waals surface area contributed by atoms with Crippen LogP contribution in [0.3, 0.4) is 0 Å². The highest BCUT2D eigenvalue weighted by molar-refractivity contribution is 5.22. The molecule has 1 aromatic carbocycles. The third kappa shape index (κ3) is 5.44. The highest BCUT2D eigenvalue weighted by Crippen LogP contribution is 2.29. The predicted molar refractivity (Wildman–Crippen MR) is 89.3 cm³/mol. The van der Waals surface area contributed by atoms with Gasteiger partial charge in [-0.3, -0.25) is 0 Å². The van der Waals surface area contributed by atoms with Gasteiger partial charge in [0.1, 0.15) is 0 Å². The van der Waals surface area contributed by atoms with Crippen molar-refractivity contribution in [3.05, 3.63) is 35.4 Å². The molecular formula is C19H31NO. The molecule has 1 saturated carbocycles. The molecule has 2 unspecified atom stereocenters. The minimum Gasteiger partial charge on any atom is -0.373 e. The topological polar surface area (TPSA) is 21.3 Å². The van der Waals surface area contributed by atoms with Crippen LogP contribution < -0.4 is 5.32 Å². The standard InChI is InChI=1S/C19H31NO/c1-3-12-20-14-16-8-7-9-17(13-16)15-21-19-11-6-5-10-18(19)4-2/h7-9,13,18-20H,3-6,10-12,14-15H2,1-2H3. The van der Waals surface area contributed by atoms with Crippen LogP contribution in [0.4, 0.5) is 0 Å². The van der Waals surface area contributed by atoms with Crippen molar-refractivity contribution >= 4 is 0 Å². The largest absolute Gasteiger partial charge is 0.373 e. The summed E-state index contributed by atoms with van der Waals surface area (Å²) in [5.74, 6) is 0.771. The maximum absolute atomic E-state index is 6.23. The molecule has 0 aliphatic heterocycles. The van der Waals surface area contributed by atoms with E-state index in [9.17, 15) is 0 Å². The summed E-state index contributed by atoms with van der Waals surface area (Å²) in [6.07, 6.45) is 8.23. The van der Waals surface area contributed by atoms with Crippen LogP contribution in [-0.4, -0.2) is 12.6 Å². The number of hydrogen-bond donors (Lipinski definition) is 1. The van der Waals surface area contributed by atoms with Gasteiger partial charge in [0.05, 0.1) is 12.7 Å². The van der Waals surface area contributed by atoms with E-state index < -0.39 is 0 Å². The first-order valence-corrected chi connectivity index (χ1v) is 8.73. The van der Waals surface area contributed by atoms with E-state index in [4.69, 9.17) is 4.74 Å². The normalized spacial score (nSPS) is 22.4. The molecule has 118 valence electrons. The van der Waals surface area contributed by atoms with E-state index in [0.29, 0.717) is 6.10 Å². The lowest BCUT2D eigenvalue weighted by Gasteiger charge is -2.30. The first kappa shape index (κ1) is 16.5. The summed E-state index contributed by atoms with van der Waals surface area (Å²) in [7, 11) is 0. The fraction of sp³-hybridized carbons (Fsp3) is 0.684. The third-order valence-electron chi connectivity index (χ3n) is 4.58. The molecule has 2 rings (SSSR count). The van der Waals surface area contributed by atoms with Crippen LogP contribution in [0.5, 0.6) is 0 Å². The van der Waals surface area contributed by atoms with Gasteiger partial charge in [0, 0.05) is 6.54 Å². The van der Waals surface area contributed by atoms with E-state index in [2.05, 4.69) is 43.4 Å². The highest BCUT2D eigenvalue weighted by Gasteiger charge is 2.24. The van der Waals surface area contributed by atoms with E-state index in [-0.39, 0.29) is 0 Å². The molecule has 0 aromatic heterocycles. The molecule has 1 aromatic rings. The lowest BCUT2D eigenvalue weighted by atomic mass is 9.85. The van der Waals surface area contributed by atoms with E-state index in [1.165, 1.54) is 49.7 Å². The summed E-state index contributed by atoms with van der Waals surface area (Å²) in [6, 6.07) is 8.82. The number of hydrogen-bond acceptors (Lipinski definition) is 2. The molecule has 2 nitrogen and oxygen atoms in total. The van der Waals surface area contributed by atoms with Gasteiger partial charge in [-0.2, -0.15) is 0 Å². The van der Waals surface area contributed by atoms with Crippen molar-refractivity contribution in [2.24, 2.45) is 5.92 Å². The number of nitrogens with one attached hydrogen (secondary N) is 1. The Morgan fingerprint density at radius 1 is 1.14 bits per heavy atom. The molecule has 1 aliphatic carbocycles. The van der Waals surface area contributed by atoms with Crippen molar-refractivity contribution in [2.75, 3.05) is 6.54 Å². The van der Waals surface area contributed by atoms with Gasteiger partial charge < -0.3 is 10.1 Å². The second-order valence-corrected chi connectivity index (χ2v) is 6.30. The van der Waals surface area contributed by atoms with Gasteiger partial charge >= 0.3 is 0 Å². The molecule has 0 spiro atoms. The Balaban J connectivity index is 1.83. The van der Waals surface area contributed by atoms with Crippen molar-refractivity contribution < 1.29 is 4.74 Å². The minimum atomic E-state index is 0.477. The number of benzene rings is 1. The van der Waals surface area contributed by atoms with Crippen LogP contribution >= 0.6 is 0 Å². The summed E-state index contributed by atoms with van der Waals surface area (Å²) < 4.78 is 6.23. The van der Waals surface area contributed by atoms with Crippen molar-refractivity contribution in [3.63, 3.8) is 0 Å². The quantitative estimate of drug-likeness (QED) is 0.702. The maximum atomic E-state index is 6.23. The zero-order valence-electron chi connectivity index (χ0n) is 13.7. The van der Waals surface area contributed by atoms with Gasteiger partial charge in [-0.15, -0.1) is 0 Å². The van der Waals surface area contributed by atoms with Gasteiger partial charge in [0.25, 0.3) is 0 Å². The van der Waals surface area contributed by atoms with Gasteiger partial charge in [-0.1, -0.05) is 57.4 Å². The fourth-order valence-corrected chi connectivity index (χ4v) is 3.30. The van der Waals surface area contributed by atoms with E-state index in [1.807, 2.05) is 0 Å². The summed E-state index contributed by atoms with van der Waals surface area (Å²) in [6.45, 7) is 7.31. The maximum Gasteiger partial charge on any atom is 0.0720 e. The summed E-state index contributed by atoms with van der Waals surface area (Å²) in [4.78, 5) is 0. The molecule has 2 atom stereocenters. The molecular weight excluding hydrogens is 258 g/mol. The van der Waals surface area contributed by atoms with Crippen LogP contribution in [0.1, 0.15) is 63.5 Å². The summed E-state index contributed by atoms with van der Waals surface area (Å²) in [5, 5.41) is 3.46. The van der Waals surface area contributed by atoms with Crippen molar-refractivity contribution in [2.45, 2.75) is 71.6 Å². The van der Waals surface area contributed by atoms with Crippen LogP contribution in [0.25, 0.3) is 0 Å². The molecule has 1 N–H and O–H groups in total. The van der Waals surface area contributed by atoms with Crippen molar-refractivity contribution in [3.8, 4) is 0 Å². The molecule has 1 fully saturated rings. The van der Waals surface area contributed by atoms with Crippen LogP contribution in [0, 0.1) is 5.92 Å². The SMILES string of the molecule is CCCNCc1cccc(COC2CCCCC2CC)c1. The average Bonchev–Trinajstić information content (AvgIpc) is 2.54. The zero-order valence-corrected chi connectivity index (χ0v) is 13.7. The van der Waals surface area contributed by atoms with Crippen LogP contribution in [-0.2, 0) is 17.9 Å². The number of ether oxygens (including phenoxy) is 1. The molecule has 0 bridgehead atoms. The van der Waals surface area contributed by atoms with Crippen molar-refractivity contribution in [1.29, 1.82) is 0 Å². The lowest BCUT2D eigenvalue weighted by Crippen LogP contribution is -2.27. The van der Waals surface area contributed by atoms with Gasteiger partial charge in [-0.25, -0.2) is 0 Å². The monoisotopic (exact) mass is 289 g/mol. The molecule has 0 saturated heterocycles. The molecule has 0 amide bonds. The molecule has 0 radical (unpaired) electrons. The zero-order chi connectivity index (χ0) is 14.9. The van der Waals surface area contributed by atoms with E-state index in [1.54, 1.807) is 0 Å². The van der Waals surface area contributed by atoms with Gasteiger partial charge in [0.15, 0.2) is 0 Å². The first-order valence-electron chi connectivity index (χ1n) is 8.73. The van der Waals surface area contributed by atoms with Crippen LogP contribution in [0.15, 0.2) is 24.3 Å². The second kappa shape index (κ2) is 9.22. The molecule has 21 heavy (non-hydrogen) atoms. The Kier molecular flexibility index (Phi) is 7.25. The van der Waals surface area contributed by atoms with Crippen LogP contribution in [0.2, 0.25) is 0 Å². The van der Waals surface area contributed by atoms with E-state index >= 15 is 0 Å². The second-order valence-electron chi connectivity index (χ2n) is 6.30. The number of rotatable bonds is 8. The molecule has 2 heteroatoms. The van der Waals surface area contributed by atoms with Gasteiger partial charge in [-0.05, 0) is 42.9 Å². The summed E-state index contributed by atoms with van der Waals surface area (Å²) >= 11 is 0. The Bertz CT molecular complexity index is 404. The predicted octanol–water partition coefficient (Wildman–Crippen LogP) is 4.67. The third-order valence-corrected chi connectivity index (χ3v) is 4.58. The fourth-order valence-electron chi connectivity index (χ4n) is 3.30. The average molecular weight is 289 g/mol. The van der Waals surface area contributed by atoms with Crippen molar-refractivity contribution in [1.82, 2.24) is 5.32 Å². The van der Waals surface area contributed by atoms with Gasteiger partial charge in [0.2, 0.25) is 0 Å². The molecule has 1 aliphatic rings. The lowest BCUT2D eigenvalue weighted by molar-refractivity contribution is -0.0222.